The topological polar surface area (TPSA) is 30.5 Å². The fourth-order valence-corrected chi connectivity index (χ4v) is 1.90. The van der Waals surface area contributed by atoms with Gasteiger partial charge in [0.2, 0.25) is 0 Å². The van der Waals surface area contributed by atoms with Gasteiger partial charge in [0, 0.05) is 25.3 Å². The molecule has 17 heavy (non-hydrogen) atoms. The second kappa shape index (κ2) is 8.09. The molecule has 1 rings (SSSR count). The van der Waals surface area contributed by atoms with Crippen LogP contribution in [0.25, 0.3) is 0 Å². The monoisotopic (exact) mass is 237 g/mol. The zero-order valence-corrected chi connectivity index (χ0v) is 11.0. The van der Waals surface area contributed by atoms with E-state index in [1.54, 1.807) is 7.11 Å². The number of benzene rings is 1. The number of para-hydroxylation sites is 1. The van der Waals surface area contributed by atoms with E-state index in [1.807, 2.05) is 19.1 Å². The van der Waals surface area contributed by atoms with Gasteiger partial charge in [0.1, 0.15) is 5.75 Å². The molecule has 0 radical (unpaired) electrons. The highest BCUT2D eigenvalue weighted by Crippen LogP contribution is 2.27. The molecule has 3 nitrogen and oxygen atoms in total. The molecule has 0 heterocycles. The number of hydrogen-bond acceptors (Lipinski definition) is 3. The van der Waals surface area contributed by atoms with E-state index in [2.05, 4.69) is 24.4 Å². The zero-order chi connectivity index (χ0) is 12.5. The molecule has 1 aromatic carbocycles. The van der Waals surface area contributed by atoms with Crippen molar-refractivity contribution >= 4 is 0 Å². The molecular formula is C14H23NO2. The van der Waals surface area contributed by atoms with Gasteiger partial charge >= 0.3 is 0 Å². The fraction of sp³-hybridized carbons (Fsp3) is 0.571. The van der Waals surface area contributed by atoms with E-state index in [0.717, 1.165) is 25.3 Å². The van der Waals surface area contributed by atoms with Gasteiger partial charge in [0.05, 0.1) is 6.61 Å². The smallest absolute Gasteiger partial charge is 0.124 e. The van der Waals surface area contributed by atoms with Crippen LogP contribution in [0.2, 0.25) is 0 Å². The van der Waals surface area contributed by atoms with Gasteiger partial charge in [-0.05, 0) is 26.0 Å². The lowest BCUT2D eigenvalue weighted by Gasteiger charge is -2.20. The summed E-state index contributed by atoms with van der Waals surface area (Å²) in [5, 5.41) is 3.47. The maximum Gasteiger partial charge on any atom is 0.124 e. The summed E-state index contributed by atoms with van der Waals surface area (Å²) in [6.07, 6.45) is 0.953. The molecule has 1 N–H and O–H groups in total. The summed E-state index contributed by atoms with van der Waals surface area (Å²) in [6, 6.07) is 8.50. The minimum Gasteiger partial charge on any atom is -0.494 e. The first kappa shape index (κ1) is 14.0. The summed E-state index contributed by atoms with van der Waals surface area (Å²) in [4.78, 5) is 0. The van der Waals surface area contributed by atoms with Crippen LogP contribution in [0.4, 0.5) is 0 Å². The number of nitrogens with one attached hydrogen (secondary N) is 1. The van der Waals surface area contributed by atoms with Crippen LogP contribution in [0.1, 0.15) is 31.9 Å². The highest BCUT2D eigenvalue weighted by Gasteiger charge is 2.14. The highest BCUT2D eigenvalue weighted by molar-refractivity contribution is 5.36. The van der Waals surface area contributed by atoms with E-state index in [4.69, 9.17) is 9.47 Å². The Morgan fingerprint density at radius 3 is 2.65 bits per heavy atom. The molecule has 0 aliphatic rings. The van der Waals surface area contributed by atoms with Gasteiger partial charge < -0.3 is 14.8 Å². The van der Waals surface area contributed by atoms with Crippen LogP contribution in [-0.2, 0) is 4.74 Å². The van der Waals surface area contributed by atoms with Crippen molar-refractivity contribution in [3.05, 3.63) is 29.8 Å². The Labute approximate surface area is 104 Å². The molecule has 3 heteroatoms. The molecule has 0 saturated heterocycles. The van der Waals surface area contributed by atoms with Gasteiger partial charge in [0.25, 0.3) is 0 Å². The van der Waals surface area contributed by atoms with E-state index in [1.165, 1.54) is 5.56 Å². The summed E-state index contributed by atoms with van der Waals surface area (Å²) < 4.78 is 10.8. The predicted molar refractivity (Wildman–Crippen MR) is 70.5 cm³/mol. The molecule has 1 atom stereocenters. The second-order valence-corrected chi connectivity index (χ2v) is 3.86. The van der Waals surface area contributed by atoms with E-state index in [-0.39, 0.29) is 0 Å². The lowest BCUT2D eigenvalue weighted by molar-refractivity contribution is 0.182. The average Bonchev–Trinajstić information content (AvgIpc) is 2.36. The molecule has 96 valence electrons. The molecule has 0 amide bonds. The quantitative estimate of drug-likeness (QED) is 0.754. The SMILES string of the molecule is CCNC(CCOC)c1ccccc1OCC. The second-order valence-electron chi connectivity index (χ2n) is 3.86. The van der Waals surface area contributed by atoms with E-state index >= 15 is 0 Å². The van der Waals surface area contributed by atoms with Crippen LogP contribution in [0.3, 0.4) is 0 Å². The summed E-state index contributed by atoms with van der Waals surface area (Å²) >= 11 is 0. The van der Waals surface area contributed by atoms with Gasteiger partial charge in [-0.25, -0.2) is 0 Å². The molecule has 0 saturated carbocycles. The standard InChI is InChI=1S/C14H23NO2/c1-4-15-13(10-11-16-3)12-8-6-7-9-14(12)17-5-2/h6-9,13,15H,4-5,10-11H2,1-3H3. The van der Waals surface area contributed by atoms with Crippen LogP contribution >= 0.6 is 0 Å². The minimum atomic E-state index is 0.294. The lowest BCUT2D eigenvalue weighted by Crippen LogP contribution is -2.22. The summed E-state index contributed by atoms with van der Waals surface area (Å²) in [6.45, 7) is 6.50. The van der Waals surface area contributed by atoms with Gasteiger partial charge in [-0.2, -0.15) is 0 Å². The molecule has 0 fully saturated rings. The van der Waals surface area contributed by atoms with Crippen LogP contribution in [-0.4, -0.2) is 26.9 Å². The fourth-order valence-electron chi connectivity index (χ4n) is 1.90. The van der Waals surface area contributed by atoms with Crippen molar-refractivity contribution in [1.29, 1.82) is 0 Å². The maximum absolute atomic E-state index is 5.66. The Balaban J connectivity index is 2.83. The Hall–Kier alpha value is -1.06. The average molecular weight is 237 g/mol. The first-order valence-corrected chi connectivity index (χ1v) is 6.27. The van der Waals surface area contributed by atoms with Crippen LogP contribution < -0.4 is 10.1 Å². The summed E-state index contributed by atoms with van der Waals surface area (Å²) in [7, 11) is 1.73. The van der Waals surface area contributed by atoms with E-state index < -0.39 is 0 Å². The van der Waals surface area contributed by atoms with Crippen LogP contribution in [0.15, 0.2) is 24.3 Å². The Bertz CT molecular complexity index is 315. The van der Waals surface area contributed by atoms with Crippen LogP contribution in [0.5, 0.6) is 5.75 Å². The zero-order valence-electron chi connectivity index (χ0n) is 11.0. The molecule has 0 aromatic heterocycles. The van der Waals surface area contributed by atoms with Gasteiger partial charge in [0.15, 0.2) is 0 Å². The molecule has 1 unspecified atom stereocenters. The van der Waals surface area contributed by atoms with Crippen molar-refractivity contribution in [1.82, 2.24) is 5.32 Å². The summed E-state index contributed by atoms with van der Waals surface area (Å²) in [5.74, 6) is 0.969. The molecule has 0 aliphatic heterocycles. The minimum absolute atomic E-state index is 0.294. The number of methoxy groups -OCH3 is 1. The first-order chi connectivity index (χ1) is 8.33. The molecule has 0 aliphatic carbocycles. The third-order valence-corrected chi connectivity index (χ3v) is 2.66. The third-order valence-electron chi connectivity index (χ3n) is 2.66. The van der Waals surface area contributed by atoms with Gasteiger partial charge in [-0.3, -0.25) is 0 Å². The number of rotatable bonds is 8. The first-order valence-electron chi connectivity index (χ1n) is 6.27. The van der Waals surface area contributed by atoms with Crippen molar-refractivity contribution in [3.8, 4) is 5.75 Å². The maximum atomic E-state index is 5.66. The third kappa shape index (κ3) is 4.36. The Morgan fingerprint density at radius 1 is 1.24 bits per heavy atom. The molecule has 0 spiro atoms. The van der Waals surface area contributed by atoms with Crippen molar-refractivity contribution < 1.29 is 9.47 Å². The molecule has 1 aromatic rings. The van der Waals surface area contributed by atoms with E-state index in [9.17, 15) is 0 Å². The van der Waals surface area contributed by atoms with Crippen LogP contribution in [0, 0.1) is 0 Å². The van der Waals surface area contributed by atoms with Crippen molar-refractivity contribution in [3.63, 3.8) is 0 Å². The van der Waals surface area contributed by atoms with Crippen molar-refractivity contribution in [2.45, 2.75) is 26.3 Å². The van der Waals surface area contributed by atoms with E-state index in [0.29, 0.717) is 12.6 Å². The number of ether oxygens (including phenoxy) is 2. The predicted octanol–water partition coefficient (Wildman–Crippen LogP) is 2.77. The normalized spacial score (nSPS) is 12.4. The van der Waals surface area contributed by atoms with Crippen molar-refractivity contribution in [2.75, 3.05) is 26.9 Å². The highest BCUT2D eigenvalue weighted by atomic mass is 16.5. The van der Waals surface area contributed by atoms with Gasteiger partial charge in [-0.1, -0.05) is 25.1 Å². The number of hydrogen-bond donors (Lipinski definition) is 1. The van der Waals surface area contributed by atoms with Gasteiger partial charge in [-0.15, -0.1) is 0 Å². The summed E-state index contributed by atoms with van der Waals surface area (Å²) in [5.41, 5.74) is 1.22. The lowest BCUT2D eigenvalue weighted by atomic mass is 10.0. The molecule has 0 bridgehead atoms. The Kier molecular flexibility index (Phi) is 6.67. The Morgan fingerprint density at radius 2 is 2.00 bits per heavy atom. The largest absolute Gasteiger partial charge is 0.494 e. The molecular weight excluding hydrogens is 214 g/mol. The van der Waals surface area contributed by atoms with Crippen molar-refractivity contribution in [2.24, 2.45) is 0 Å².